The molecule has 3 rings (SSSR count). The second-order valence-electron chi connectivity index (χ2n) is 4.98. The van der Waals surface area contributed by atoms with Crippen LogP contribution in [0.1, 0.15) is 22.3 Å². The molecule has 0 bridgehead atoms. The van der Waals surface area contributed by atoms with Crippen LogP contribution in [0.2, 0.25) is 0 Å². The molecule has 23 heavy (non-hydrogen) atoms. The van der Waals surface area contributed by atoms with Crippen LogP contribution in [0.15, 0.2) is 54.6 Å². The number of Topliss-reactive ketones (excluding diaryl/α,β-unsaturated/α-hetero) is 1. The molecule has 0 atom stereocenters. The SMILES string of the molecule is CC(=O)c1cccc(NC(=O)C=Cc2nc3ccccc3s2)c1. The van der Waals surface area contributed by atoms with Crippen LogP contribution in [-0.4, -0.2) is 16.7 Å². The van der Waals surface area contributed by atoms with Crippen LogP contribution < -0.4 is 5.32 Å². The van der Waals surface area contributed by atoms with Crippen molar-refractivity contribution in [3.63, 3.8) is 0 Å². The van der Waals surface area contributed by atoms with Gasteiger partial charge in [0.2, 0.25) is 5.91 Å². The number of aromatic nitrogens is 1. The monoisotopic (exact) mass is 322 g/mol. The van der Waals surface area contributed by atoms with E-state index < -0.39 is 0 Å². The van der Waals surface area contributed by atoms with E-state index in [2.05, 4.69) is 10.3 Å². The zero-order valence-corrected chi connectivity index (χ0v) is 13.3. The number of para-hydroxylation sites is 1. The summed E-state index contributed by atoms with van der Waals surface area (Å²) in [7, 11) is 0. The maximum absolute atomic E-state index is 12.0. The molecule has 0 unspecified atom stereocenters. The molecule has 4 nitrogen and oxygen atoms in total. The summed E-state index contributed by atoms with van der Waals surface area (Å²) in [6.45, 7) is 1.49. The van der Waals surface area contributed by atoms with Gasteiger partial charge in [-0.05, 0) is 37.3 Å². The zero-order valence-electron chi connectivity index (χ0n) is 12.4. The molecule has 0 aliphatic rings. The van der Waals surface area contributed by atoms with Crippen LogP contribution in [0, 0.1) is 0 Å². The van der Waals surface area contributed by atoms with Crippen LogP contribution in [-0.2, 0) is 4.79 Å². The fourth-order valence-electron chi connectivity index (χ4n) is 2.11. The molecule has 0 radical (unpaired) electrons. The first-order valence-corrected chi connectivity index (χ1v) is 7.89. The standard InChI is InChI=1S/C18H14N2O2S/c1-12(21)13-5-4-6-14(11-13)19-17(22)9-10-18-20-15-7-2-3-8-16(15)23-18/h2-11H,1H3,(H,19,22). The number of hydrogen-bond donors (Lipinski definition) is 1. The summed E-state index contributed by atoms with van der Waals surface area (Å²) >= 11 is 1.53. The number of fused-ring (bicyclic) bond motifs is 1. The van der Waals surface area contributed by atoms with Crippen molar-refractivity contribution in [2.45, 2.75) is 6.92 Å². The molecule has 0 fully saturated rings. The number of carbonyl (C=O) groups excluding carboxylic acids is 2. The van der Waals surface area contributed by atoms with Gasteiger partial charge in [0.25, 0.3) is 0 Å². The minimum Gasteiger partial charge on any atom is -0.322 e. The van der Waals surface area contributed by atoms with Crippen molar-refractivity contribution < 1.29 is 9.59 Å². The molecular formula is C18H14N2O2S. The lowest BCUT2D eigenvalue weighted by molar-refractivity contribution is -0.111. The fourth-order valence-corrected chi connectivity index (χ4v) is 2.98. The second-order valence-corrected chi connectivity index (χ2v) is 6.04. The van der Waals surface area contributed by atoms with E-state index in [0.717, 1.165) is 15.2 Å². The van der Waals surface area contributed by atoms with Gasteiger partial charge in [0.15, 0.2) is 5.78 Å². The number of ketones is 1. The van der Waals surface area contributed by atoms with Crippen molar-refractivity contribution in [2.75, 3.05) is 5.32 Å². The number of carbonyl (C=O) groups is 2. The average molecular weight is 322 g/mol. The van der Waals surface area contributed by atoms with Gasteiger partial charge in [0.05, 0.1) is 10.2 Å². The Bertz CT molecular complexity index is 879. The number of nitrogens with one attached hydrogen (secondary N) is 1. The van der Waals surface area contributed by atoms with Gasteiger partial charge >= 0.3 is 0 Å². The summed E-state index contributed by atoms with van der Waals surface area (Å²) < 4.78 is 1.08. The third-order valence-corrected chi connectivity index (χ3v) is 4.23. The van der Waals surface area contributed by atoms with Crippen LogP contribution in [0.3, 0.4) is 0 Å². The molecule has 5 heteroatoms. The summed E-state index contributed by atoms with van der Waals surface area (Å²) in [6, 6.07) is 14.7. The van der Waals surface area contributed by atoms with Crippen LogP contribution >= 0.6 is 11.3 Å². The van der Waals surface area contributed by atoms with Crippen molar-refractivity contribution in [1.82, 2.24) is 4.98 Å². The Balaban J connectivity index is 1.71. The Morgan fingerprint density at radius 3 is 2.74 bits per heavy atom. The van der Waals surface area contributed by atoms with E-state index >= 15 is 0 Å². The van der Waals surface area contributed by atoms with Gasteiger partial charge in [-0.25, -0.2) is 4.98 Å². The lowest BCUT2D eigenvalue weighted by Crippen LogP contribution is -2.08. The highest BCUT2D eigenvalue weighted by molar-refractivity contribution is 7.19. The average Bonchev–Trinajstić information content (AvgIpc) is 2.96. The summed E-state index contributed by atoms with van der Waals surface area (Å²) in [5, 5.41) is 3.52. The lowest BCUT2D eigenvalue weighted by atomic mass is 10.1. The minimum absolute atomic E-state index is 0.0360. The molecule has 0 aliphatic carbocycles. The van der Waals surface area contributed by atoms with Crippen molar-refractivity contribution in [1.29, 1.82) is 0 Å². The Hall–Kier alpha value is -2.79. The maximum atomic E-state index is 12.0. The molecular weight excluding hydrogens is 308 g/mol. The molecule has 0 spiro atoms. The van der Waals surface area contributed by atoms with Gasteiger partial charge in [0, 0.05) is 17.3 Å². The molecule has 114 valence electrons. The second kappa shape index (κ2) is 6.54. The Kier molecular flexibility index (Phi) is 4.30. The van der Waals surface area contributed by atoms with Crippen LogP contribution in [0.25, 0.3) is 16.3 Å². The normalized spacial score (nSPS) is 11.0. The smallest absolute Gasteiger partial charge is 0.248 e. The first-order chi connectivity index (χ1) is 11.1. The topological polar surface area (TPSA) is 59.1 Å². The minimum atomic E-state index is -0.259. The highest BCUT2D eigenvalue weighted by atomic mass is 32.1. The van der Waals surface area contributed by atoms with Crippen LogP contribution in [0.5, 0.6) is 0 Å². The van der Waals surface area contributed by atoms with E-state index in [-0.39, 0.29) is 11.7 Å². The molecule has 1 aromatic heterocycles. The van der Waals surface area contributed by atoms with Gasteiger partial charge in [-0.15, -0.1) is 11.3 Å². The molecule has 0 saturated carbocycles. The zero-order chi connectivity index (χ0) is 16.2. The molecule has 1 N–H and O–H groups in total. The highest BCUT2D eigenvalue weighted by Crippen LogP contribution is 2.22. The van der Waals surface area contributed by atoms with Crippen molar-refractivity contribution in [2.24, 2.45) is 0 Å². The summed E-state index contributed by atoms with van der Waals surface area (Å²) in [4.78, 5) is 27.8. The summed E-state index contributed by atoms with van der Waals surface area (Å²) in [5.41, 5.74) is 2.08. The predicted molar refractivity (Wildman–Crippen MR) is 93.7 cm³/mol. The number of hydrogen-bond acceptors (Lipinski definition) is 4. The van der Waals surface area contributed by atoms with Crippen LogP contribution in [0.4, 0.5) is 5.69 Å². The van der Waals surface area contributed by atoms with Gasteiger partial charge in [-0.3, -0.25) is 9.59 Å². The van der Waals surface area contributed by atoms with Gasteiger partial charge < -0.3 is 5.32 Å². The number of amides is 1. The molecule has 3 aromatic rings. The largest absolute Gasteiger partial charge is 0.322 e. The lowest BCUT2D eigenvalue weighted by Gasteiger charge is -2.03. The number of thiazole rings is 1. The molecule has 1 amide bonds. The Morgan fingerprint density at radius 2 is 1.96 bits per heavy atom. The molecule has 0 aliphatic heterocycles. The summed E-state index contributed by atoms with van der Waals surface area (Å²) in [5.74, 6) is -0.295. The van der Waals surface area contributed by atoms with E-state index in [9.17, 15) is 9.59 Å². The van der Waals surface area contributed by atoms with E-state index in [1.54, 1.807) is 30.3 Å². The highest BCUT2D eigenvalue weighted by Gasteiger charge is 2.04. The molecule has 2 aromatic carbocycles. The van der Waals surface area contributed by atoms with Gasteiger partial charge in [-0.2, -0.15) is 0 Å². The van der Waals surface area contributed by atoms with Gasteiger partial charge in [-0.1, -0.05) is 24.3 Å². The Labute approximate surface area is 137 Å². The number of rotatable bonds is 4. The first-order valence-electron chi connectivity index (χ1n) is 7.07. The maximum Gasteiger partial charge on any atom is 0.248 e. The number of benzene rings is 2. The van der Waals surface area contributed by atoms with Crippen molar-refractivity contribution >= 4 is 45.0 Å². The van der Waals surface area contributed by atoms with E-state index in [4.69, 9.17) is 0 Å². The van der Waals surface area contributed by atoms with E-state index in [1.807, 2.05) is 24.3 Å². The van der Waals surface area contributed by atoms with E-state index in [1.165, 1.54) is 24.3 Å². The fraction of sp³-hybridized carbons (Fsp3) is 0.0556. The quantitative estimate of drug-likeness (QED) is 0.580. The third kappa shape index (κ3) is 3.70. The third-order valence-electron chi connectivity index (χ3n) is 3.22. The van der Waals surface area contributed by atoms with Gasteiger partial charge in [0.1, 0.15) is 5.01 Å². The number of nitrogens with zero attached hydrogens (tertiary/aromatic N) is 1. The van der Waals surface area contributed by atoms with Crippen molar-refractivity contribution in [3.8, 4) is 0 Å². The molecule has 1 heterocycles. The summed E-state index contributed by atoms with van der Waals surface area (Å²) in [6.07, 6.45) is 3.13. The first kappa shape index (κ1) is 15.1. The Morgan fingerprint density at radius 1 is 1.13 bits per heavy atom. The van der Waals surface area contributed by atoms with E-state index in [0.29, 0.717) is 11.3 Å². The predicted octanol–water partition coefficient (Wildman–Crippen LogP) is 4.15. The molecule has 0 saturated heterocycles. The number of anilines is 1. The van der Waals surface area contributed by atoms with Crippen molar-refractivity contribution in [3.05, 3.63) is 65.2 Å².